The molecule has 0 aliphatic carbocycles. The van der Waals surface area contributed by atoms with Gasteiger partial charge in [-0.3, -0.25) is 9.59 Å². The number of aromatic nitrogens is 3. The lowest BCUT2D eigenvalue weighted by atomic mass is 10.0. The van der Waals surface area contributed by atoms with Crippen LogP contribution in [0.3, 0.4) is 0 Å². The zero-order chi connectivity index (χ0) is 20.5. The van der Waals surface area contributed by atoms with Gasteiger partial charge in [-0.1, -0.05) is 12.1 Å². The van der Waals surface area contributed by atoms with Crippen LogP contribution >= 0.6 is 0 Å². The van der Waals surface area contributed by atoms with E-state index >= 15 is 0 Å². The number of rotatable bonds is 4. The first-order valence-corrected chi connectivity index (χ1v) is 9.95. The molecule has 7 heteroatoms. The number of ether oxygens (including phenoxy) is 1. The number of fused-ring (bicyclic) bond motifs is 1. The van der Waals surface area contributed by atoms with Gasteiger partial charge in [-0.2, -0.15) is 5.10 Å². The Morgan fingerprint density at radius 2 is 1.93 bits per heavy atom. The summed E-state index contributed by atoms with van der Waals surface area (Å²) in [5.74, 6) is 0.0506. The van der Waals surface area contributed by atoms with E-state index < -0.39 is 0 Å². The van der Waals surface area contributed by atoms with Crippen molar-refractivity contribution in [2.24, 2.45) is 0 Å². The van der Waals surface area contributed by atoms with Crippen molar-refractivity contribution in [3.8, 4) is 0 Å². The van der Waals surface area contributed by atoms with Gasteiger partial charge in [-0.05, 0) is 44.4 Å². The third-order valence-corrected chi connectivity index (χ3v) is 5.79. The van der Waals surface area contributed by atoms with E-state index in [1.54, 1.807) is 7.11 Å². The average Bonchev–Trinajstić information content (AvgIpc) is 3.05. The number of piperidine rings is 1. The van der Waals surface area contributed by atoms with E-state index in [1.165, 1.54) is 0 Å². The molecule has 0 spiro atoms. The molecule has 0 saturated carbocycles. The van der Waals surface area contributed by atoms with Crippen molar-refractivity contribution >= 4 is 16.7 Å². The second-order valence-corrected chi connectivity index (χ2v) is 7.73. The number of nitrogens with zero attached hydrogens (tertiary/aromatic N) is 2. The van der Waals surface area contributed by atoms with Gasteiger partial charge in [-0.15, -0.1) is 0 Å². The summed E-state index contributed by atoms with van der Waals surface area (Å²) in [6.07, 6.45) is 2.52. The Bertz CT molecular complexity index is 1110. The first-order valence-electron chi connectivity index (χ1n) is 9.95. The van der Waals surface area contributed by atoms with Crippen LogP contribution in [0.4, 0.5) is 0 Å². The molecule has 1 aliphatic heterocycles. The molecule has 1 fully saturated rings. The van der Waals surface area contributed by atoms with Crippen LogP contribution in [0.15, 0.2) is 29.1 Å². The molecule has 0 radical (unpaired) electrons. The first-order chi connectivity index (χ1) is 14.0. The van der Waals surface area contributed by atoms with E-state index in [1.807, 2.05) is 43.0 Å². The maximum Gasteiger partial charge on any atom is 0.273 e. The van der Waals surface area contributed by atoms with Crippen molar-refractivity contribution in [3.63, 3.8) is 0 Å². The standard InChI is InChI=1S/C22H26N4O3/c1-13-19-18(24-25-21(27)20(19)14(2)23-13)12-15-5-4-6-16(11-15)22(28)26-9-7-17(29-3)8-10-26/h4-6,11,17,23H,7-10,12H2,1-3H3,(H,25,27). The molecular weight excluding hydrogens is 368 g/mol. The van der Waals surface area contributed by atoms with E-state index in [-0.39, 0.29) is 17.6 Å². The van der Waals surface area contributed by atoms with Crippen LogP contribution in [-0.4, -0.2) is 52.3 Å². The Morgan fingerprint density at radius 3 is 2.66 bits per heavy atom. The smallest absolute Gasteiger partial charge is 0.273 e. The van der Waals surface area contributed by atoms with Crippen LogP contribution in [0.25, 0.3) is 10.8 Å². The summed E-state index contributed by atoms with van der Waals surface area (Å²) in [5, 5.41) is 8.41. The van der Waals surface area contributed by atoms with Crippen LogP contribution in [0.5, 0.6) is 0 Å². The molecule has 3 heterocycles. The summed E-state index contributed by atoms with van der Waals surface area (Å²) < 4.78 is 5.39. The molecule has 1 aromatic carbocycles. The number of methoxy groups -OCH3 is 1. The van der Waals surface area contributed by atoms with Gasteiger partial charge in [0.05, 0.1) is 17.2 Å². The SMILES string of the molecule is COC1CCN(C(=O)c2cccc(Cc3n[nH]c(=O)c4c(C)[nH]c(C)c34)c2)CC1. The van der Waals surface area contributed by atoms with Crippen molar-refractivity contribution in [2.75, 3.05) is 20.2 Å². The van der Waals surface area contributed by atoms with Crippen LogP contribution in [-0.2, 0) is 11.2 Å². The molecule has 7 nitrogen and oxygen atoms in total. The summed E-state index contributed by atoms with van der Waals surface area (Å²) in [6.45, 7) is 5.26. The van der Waals surface area contributed by atoms with Crippen LogP contribution in [0.2, 0.25) is 0 Å². The van der Waals surface area contributed by atoms with Gasteiger partial charge < -0.3 is 14.6 Å². The molecule has 2 aromatic heterocycles. The highest BCUT2D eigenvalue weighted by molar-refractivity contribution is 5.94. The Hall–Kier alpha value is -2.93. The topological polar surface area (TPSA) is 91.1 Å². The highest BCUT2D eigenvalue weighted by Crippen LogP contribution is 2.23. The predicted octanol–water partition coefficient (Wildman–Crippen LogP) is 2.71. The van der Waals surface area contributed by atoms with E-state index in [9.17, 15) is 9.59 Å². The van der Waals surface area contributed by atoms with Crippen LogP contribution in [0.1, 0.15) is 45.8 Å². The number of H-pyrrole nitrogens is 2. The molecule has 0 bridgehead atoms. The minimum absolute atomic E-state index is 0.0506. The third-order valence-electron chi connectivity index (χ3n) is 5.79. The minimum atomic E-state index is -0.186. The monoisotopic (exact) mass is 394 g/mol. The van der Waals surface area contributed by atoms with Gasteiger partial charge in [0.2, 0.25) is 0 Å². The Kier molecular flexibility index (Phi) is 5.24. The maximum atomic E-state index is 12.9. The zero-order valence-corrected chi connectivity index (χ0v) is 17.0. The predicted molar refractivity (Wildman–Crippen MR) is 111 cm³/mol. The van der Waals surface area contributed by atoms with Gasteiger partial charge in [0.1, 0.15) is 0 Å². The van der Waals surface area contributed by atoms with E-state index in [0.29, 0.717) is 30.5 Å². The summed E-state index contributed by atoms with van der Waals surface area (Å²) >= 11 is 0. The van der Waals surface area contributed by atoms with Crippen molar-refractivity contribution in [1.82, 2.24) is 20.1 Å². The summed E-state index contributed by atoms with van der Waals surface area (Å²) in [5.41, 5.74) is 4.05. The Morgan fingerprint density at radius 1 is 1.21 bits per heavy atom. The normalized spacial score (nSPS) is 15.2. The lowest BCUT2D eigenvalue weighted by Gasteiger charge is -2.31. The lowest BCUT2D eigenvalue weighted by molar-refractivity contribution is 0.0350. The molecule has 1 amide bonds. The number of aryl methyl sites for hydroxylation is 2. The van der Waals surface area contributed by atoms with Gasteiger partial charge in [0.25, 0.3) is 11.5 Å². The van der Waals surface area contributed by atoms with Crippen molar-refractivity contribution in [1.29, 1.82) is 0 Å². The molecule has 1 saturated heterocycles. The summed E-state index contributed by atoms with van der Waals surface area (Å²) in [6, 6.07) is 7.68. The quantitative estimate of drug-likeness (QED) is 0.712. The fraction of sp³-hybridized carbons (Fsp3) is 0.409. The number of hydrogen-bond acceptors (Lipinski definition) is 4. The fourth-order valence-corrected chi connectivity index (χ4v) is 4.27. The van der Waals surface area contributed by atoms with E-state index in [4.69, 9.17) is 4.74 Å². The minimum Gasteiger partial charge on any atom is -0.381 e. The van der Waals surface area contributed by atoms with Crippen molar-refractivity contribution < 1.29 is 9.53 Å². The first kappa shape index (κ1) is 19.4. The number of carbonyl (C=O) groups excluding carboxylic acids is 1. The second-order valence-electron chi connectivity index (χ2n) is 7.73. The Labute approximate surface area is 169 Å². The molecule has 0 atom stereocenters. The van der Waals surface area contributed by atoms with Crippen molar-refractivity contribution in [2.45, 2.75) is 39.2 Å². The number of likely N-dealkylation sites (tertiary alicyclic amines) is 1. The second kappa shape index (κ2) is 7.83. The number of amides is 1. The molecule has 0 unspecified atom stereocenters. The highest BCUT2D eigenvalue weighted by atomic mass is 16.5. The van der Waals surface area contributed by atoms with Gasteiger partial charge in [-0.25, -0.2) is 5.10 Å². The van der Waals surface area contributed by atoms with Gasteiger partial charge >= 0.3 is 0 Å². The third kappa shape index (κ3) is 3.70. The molecule has 1 aliphatic rings. The molecule has 29 heavy (non-hydrogen) atoms. The summed E-state index contributed by atoms with van der Waals surface area (Å²) in [7, 11) is 1.72. The average molecular weight is 394 g/mol. The number of nitrogens with one attached hydrogen (secondary N) is 2. The van der Waals surface area contributed by atoms with E-state index in [0.717, 1.165) is 40.9 Å². The number of hydrogen-bond donors (Lipinski definition) is 2. The molecule has 2 N–H and O–H groups in total. The molecule has 3 aromatic rings. The maximum absolute atomic E-state index is 12.9. The van der Waals surface area contributed by atoms with E-state index in [2.05, 4.69) is 15.2 Å². The van der Waals surface area contributed by atoms with Gasteiger partial charge in [0.15, 0.2) is 0 Å². The molecule has 4 rings (SSSR count). The lowest BCUT2D eigenvalue weighted by Crippen LogP contribution is -2.40. The Balaban J connectivity index is 1.59. The zero-order valence-electron chi connectivity index (χ0n) is 17.0. The number of carbonyl (C=O) groups is 1. The van der Waals surface area contributed by atoms with Crippen LogP contribution < -0.4 is 5.56 Å². The van der Waals surface area contributed by atoms with Crippen LogP contribution in [0, 0.1) is 13.8 Å². The molecule has 152 valence electrons. The summed E-state index contributed by atoms with van der Waals surface area (Å²) in [4.78, 5) is 30.2. The highest BCUT2D eigenvalue weighted by Gasteiger charge is 2.23. The van der Waals surface area contributed by atoms with Crippen molar-refractivity contribution in [3.05, 3.63) is 62.8 Å². The number of aromatic amines is 2. The molecular formula is C22H26N4O3. The number of benzene rings is 1. The largest absolute Gasteiger partial charge is 0.381 e. The fourth-order valence-electron chi connectivity index (χ4n) is 4.27. The van der Waals surface area contributed by atoms with Gasteiger partial charge in [0, 0.05) is 49.0 Å².